The molecule has 6 heteroatoms. The fourth-order valence-electron chi connectivity index (χ4n) is 2.36. The Morgan fingerprint density at radius 1 is 1.00 bits per heavy atom. The summed E-state index contributed by atoms with van der Waals surface area (Å²) in [6.45, 7) is 5.95. The van der Waals surface area contributed by atoms with Gasteiger partial charge in [0.15, 0.2) is 0 Å². The van der Waals surface area contributed by atoms with Crippen LogP contribution in [0, 0.1) is 12.8 Å². The second-order valence-corrected chi connectivity index (χ2v) is 6.51. The molecule has 0 aromatic heterocycles. The molecule has 26 heavy (non-hydrogen) atoms. The van der Waals surface area contributed by atoms with Crippen LogP contribution in [-0.2, 0) is 11.3 Å². The van der Waals surface area contributed by atoms with Gasteiger partial charge in [0.25, 0.3) is 0 Å². The summed E-state index contributed by atoms with van der Waals surface area (Å²) in [5, 5.41) is 8.45. The van der Waals surface area contributed by atoms with E-state index < -0.39 is 0 Å². The summed E-state index contributed by atoms with van der Waals surface area (Å²) in [5.74, 6) is -0.341. The van der Waals surface area contributed by atoms with Crippen LogP contribution in [0.2, 0.25) is 0 Å². The Balaban J connectivity index is 1.92. The Bertz CT molecular complexity index is 774. The number of aryl methyl sites for hydroxylation is 1. The highest BCUT2D eigenvalue weighted by Gasteiger charge is 2.16. The molecule has 0 saturated heterocycles. The van der Waals surface area contributed by atoms with Gasteiger partial charge in [-0.15, -0.1) is 0 Å². The van der Waals surface area contributed by atoms with Gasteiger partial charge >= 0.3 is 6.03 Å². The number of nitrogens with one attached hydrogen (secondary N) is 3. The van der Waals surface area contributed by atoms with Crippen LogP contribution >= 0.6 is 0 Å². The number of carbonyl (C=O) groups excluding carboxylic acids is 2. The number of hydrogen-bond donors (Lipinski definition) is 4. The lowest BCUT2D eigenvalue weighted by Gasteiger charge is -2.15. The molecule has 2 unspecified atom stereocenters. The zero-order valence-electron chi connectivity index (χ0n) is 15.4. The Morgan fingerprint density at radius 3 is 2.23 bits per heavy atom. The van der Waals surface area contributed by atoms with Crippen LogP contribution in [0.4, 0.5) is 16.2 Å². The zero-order valence-corrected chi connectivity index (χ0v) is 15.4. The maximum atomic E-state index is 12.1. The molecule has 0 radical (unpaired) electrons. The third-order valence-corrected chi connectivity index (χ3v) is 4.13. The molecule has 0 saturated carbocycles. The van der Waals surface area contributed by atoms with Crippen LogP contribution in [0.5, 0.6) is 0 Å². The predicted octanol–water partition coefficient (Wildman–Crippen LogP) is 3.24. The molecular weight excluding hydrogens is 328 g/mol. The maximum Gasteiger partial charge on any atom is 0.323 e. The quantitative estimate of drug-likeness (QED) is 0.641. The van der Waals surface area contributed by atoms with Gasteiger partial charge in [-0.25, -0.2) is 4.79 Å². The Labute approximate surface area is 154 Å². The van der Waals surface area contributed by atoms with E-state index >= 15 is 0 Å². The van der Waals surface area contributed by atoms with E-state index in [9.17, 15) is 9.59 Å². The normalized spacial score (nSPS) is 12.8. The van der Waals surface area contributed by atoms with E-state index in [2.05, 4.69) is 16.0 Å². The Kier molecular flexibility index (Phi) is 6.74. The first kappa shape index (κ1) is 19.5. The van der Waals surface area contributed by atoms with Gasteiger partial charge in [-0.2, -0.15) is 0 Å². The van der Waals surface area contributed by atoms with E-state index in [1.165, 1.54) is 0 Å². The van der Waals surface area contributed by atoms with Crippen LogP contribution in [0.25, 0.3) is 0 Å². The molecule has 2 rings (SSSR count). The summed E-state index contributed by atoms with van der Waals surface area (Å²) < 4.78 is 0. The first-order chi connectivity index (χ1) is 12.3. The average Bonchev–Trinajstić information content (AvgIpc) is 2.59. The van der Waals surface area contributed by atoms with E-state index in [0.29, 0.717) is 12.2 Å². The van der Waals surface area contributed by atoms with E-state index in [0.717, 1.165) is 16.8 Å². The van der Waals surface area contributed by atoms with Gasteiger partial charge in [-0.1, -0.05) is 31.2 Å². The van der Waals surface area contributed by atoms with Gasteiger partial charge in [0, 0.05) is 29.9 Å². The topological polar surface area (TPSA) is 96.2 Å². The predicted molar refractivity (Wildman–Crippen MR) is 105 cm³/mol. The first-order valence-corrected chi connectivity index (χ1v) is 8.62. The summed E-state index contributed by atoms with van der Waals surface area (Å²) in [6, 6.07) is 14.4. The van der Waals surface area contributed by atoms with Crippen LogP contribution in [0.1, 0.15) is 25.0 Å². The Morgan fingerprint density at radius 2 is 1.62 bits per heavy atom. The van der Waals surface area contributed by atoms with E-state index in [4.69, 9.17) is 5.73 Å². The van der Waals surface area contributed by atoms with Crippen molar-refractivity contribution in [2.24, 2.45) is 11.7 Å². The molecule has 3 amide bonds. The average molecular weight is 354 g/mol. The van der Waals surface area contributed by atoms with Gasteiger partial charge in [-0.3, -0.25) is 4.79 Å². The van der Waals surface area contributed by atoms with E-state index in [-0.39, 0.29) is 23.9 Å². The largest absolute Gasteiger partial charge is 0.352 e. The van der Waals surface area contributed by atoms with E-state index in [1.54, 1.807) is 13.0 Å². The summed E-state index contributed by atoms with van der Waals surface area (Å²) >= 11 is 0. The molecule has 0 heterocycles. The minimum Gasteiger partial charge on any atom is -0.352 e. The smallest absolute Gasteiger partial charge is 0.323 e. The number of amides is 3. The summed E-state index contributed by atoms with van der Waals surface area (Å²) in [6.07, 6.45) is 0. The molecule has 0 bridgehead atoms. The molecular formula is C20H26N4O2. The molecule has 5 N–H and O–H groups in total. The van der Waals surface area contributed by atoms with Crippen LogP contribution < -0.4 is 21.7 Å². The molecule has 2 aromatic carbocycles. The molecule has 6 nitrogen and oxygen atoms in total. The van der Waals surface area contributed by atoms with Crippen molar-refractivity contribution in [3.8, 4) is 0 Å². The maximum absolute atomic E-state index is 12.1. The van der Waals surface area contributed by atoms with Crippen LogP contribution in [-0.4, -0.2) is 18.0 Å². The first-order valence-electron chi connectivity index (χ1n) is 8.62. The Hall–Kier alpha value is -2.86. The molecule has 2 atom stereocenters. The SMILES string of the molecule is Cc1cccc(NC(=O)Nc2cccc(CNC(=O)C(C)C(C)N)c2)c1. The lowest BCUT2D eigenvalue weighted by molar-refractivity contribution is -0.125. The van der Waals surface area contributed by atoms with Gasteiger partial charge in [0.05, 0.1) is 0 Å². The van der Waals surface area contributed by atoms with Crippen molar-refractivity contribution >= 4 is 23.3 Å². The highest BCUT2D eigenvalue weighted by atomic mass is 16.2. The molecule has 138 valence electrons. The van der Waals surface area contributed by atoms with Crippen molar-refractivity contribution in [1.82, 2.24) is 5.32 Å². The second kappa shape index (κ2) is 9.01. The molecule has 0 fully saturated rings. The third kappa shape index (κ3) is 5.89. The summed E-state index contributed by atoms with van der Waals surface area (Å²) in [4.78, 5) is 24.1. The lowest BCUT2D eigenvalue weighted by atomic mass is 10.0. The summed E-state index contributed by atoms with van der Waals surface area (Å²) in [7, 11) is 0. The number of urea groups is 1. The minimum atomic E-state index is -0.317. The number of nitrogens with two attached hydrogens (primary N) is 1. The number of benzene rings is 2. The number of hydrogen-bond acceptors (Lipinski definition) is 3. The minimum absolute atomic E-state index is 0.0875. The second-order valence-electron chi connectivity index (χ2n) is 6.51. The van der Waals surface area contributed by atoms with Gasteiger partial charge < -0.3 is 21.7 Å². The lowest BCUT2D eigenvalue weighted by Crippen LogP contribution is -2.38. The highest BCUT2D eigenvalue weighted by Crippen LogP contribution is 2.13. The van der Waals surface area contributed by atoms with Gasteiger partial charge in [0.1, 0.15) is 0 Å². The molecule has 0 aliphatic rings. The number of anilines is 2. The number of carbonyl (C=O) groups is 2. The van der Waals surface area contributed by atoms with Gasteiger partial charge in [0.2, 0.25) is 5.91 Å². The fourth-order valence-corrected chi connectivity index (χ4v) is 2.36. The van der Waals surface area contributed by atoms with Crippen molar-refractivity contribution in [2.75, 3.05) is 10.6 Å². The van der Waals surface area contributed by atoms with Gasteiger partial charge in [-0.05, 0) is 49.2 Å². The van der Waals surface area contributed by atoms with E-state index in [1.807, 2.05) is 56.3 Å². The van der Waals surface area contributed by atoms with Crippen molar-refractivity contribution in [3.05, 3.63) is 59.7 Å². The zero-order chi connectivity index (χ0) is 19.1. The third-order valence-electron chi connectivity index (χ3n) is 4.13. The molecule has 0 aliphatic heterocycles. The highest BCUT2D eigenvalue weighted by molar-refractivity contribution is 5.99. The van der Waals surface area contributed by atoms with Crippen LogP contribution in [0.15, 0.2) is 48.5 Å². The monoisotopic (exact) mass is 354 g/mol. The standard InChI is InChI=1S/C20H26N4O2/c1-13-6-4-8-17(10-13)23-20(26)24-18-9-5-7-16(11-18)12-22-19(25)14(2)15(3)21/h4-11,14-15H,12,21H2,1-3H3,(H,22,25)(H2,23,24,26). The molecule has 0 aliphatic carbocycles. The van der Waals surface area contributed by atoms with Crippen molar-refractivity contribution in [2.45, 2.75) is 33.4 Å². The summed E-state index contributed by atoms with van der Waals surface area (Å²) in [5.41, 5.74) is 9.09. The van der Waals surface area contributed by atoms with Crippen molar-refractivity contribution in [1.29, 1.82) is 0 Å². The van der Waals surface area contributed by atoms with Crippen molar-refractivity contribution in [3.63, 3.8) is 0 Å². The number of rotatable bonds is 6. The van der Waals surface area contributed by atoms with Crippen LogP contribution in [0.3, 0.4) is 0 Å². The van der Waals surface area contributed by atoms with Crippen molar-refractivity contribution < 1.29 is 9.59 Å². The fraction of sp³-hybridized carbons (Fsp3) is 0.300. The molecule has 0 spiro atoms. The molecule has 2 aromatic rings.